The fourth-order valence-electron chi connectivity index (χ4n) is 2.12. The van der Waals surface area contributed by atoms with E-state index < -0.39 is 6.03 Å². The number of aromatic nitrogens is 2. The number of urea groups is 1. The highest BCUT2D eigenvalue weighted by atomic mass is 16.5. The summed E-state index contributed by atoms with van der Waals surface area (Å²) in [6.45, 7) is 6.02. The van der Waals surface area contributed by atoms with Crippen molar-refractivity contribution >= 4 is 17.5 Å². The maximum atomic E-state index is 12.1. The van der Waals surface area contributed by atoms with E-state index in [9.17, 15) is 4.79 Å². The number of carbonyl (C=O) groups excluding carboxylic acids is 1. The van der Waals surface area contributed by atoms with Gasteiger partial charge in [0, 0.05) is 23.4 Å². The van der Waals surface area contributed by atoms with Gasteiger partial charge in [0.2, 0.25) is 0 Å². The number of hydrogen-bond donors (Lipinski definition) is 2. The Morgan fingerprint density at radius 2 is 1.85 bits per heavy atom. The molecule has 1 aromatic carbocycles. The van der Waals surface area contributed by atoms with Gasteiger partial charge in [-0.15, -0.1) is 0 Å². The molecule has 0 aliphatic rings. The lowest BCUT2D eigenvalue weighted by atomic mass is 9.93. The third kappa shape index (κ3) is 4.60. The molecule has 0 bridgehead atoms. The quantitative estimate of drug-likeness (QED) is 0.704. The molecule has 26 heavy (non-hydrogen) atoms. The third-order valence-electron chi connectivity index (χ3n) is 3.47. The molecular formula is C19H20N4O3. The van der Waals surface area contributed by atoms with E-state index >= 15 is 0 Å². The molecular weight excluding hydrogens is 332 g/mol. The van der Waals surface area contributed by atoms with E-state index in [0.717, 1.165) is 0 Å². The fourth-order valence-corrected chi connectivity index (χ4v) is 2.12. The van der Waals surface area contributed by atoms with Crippen LogP contribution in [0.15, 0.2) is 59.4 Å². The summed E-state index contributed by atoms with van der Waals surface area (Å²) in [4.78, 5) is 16.1. The van der Waals surface area contributed by atoms with Crippen molar-refractivity contribution in [2.45, 2.75) is 26.2 Å². The van der Waals surface area contributed by atoms with Crippen LogP contribution in [0.25, 0.3) is 0 Å². The molecule has 0 spiro atoms. The second-order valence-corrected chi connectivity index (χ2v) is 6.72. The molecule has 134 valence electrons. The molecule has 0 unspecified atom stereocenters. The van der Waals surface area contributed by atoms with Crippen LogP contribution in [-0.2, 0) is 5.41 Å². The van der Waals surface area contributed by atoms with Crippen molar-refractivity contribution in [3.8, 4) is 11.5 Å². The molecule has 7 heteroatoms. The van der Waals surface area contributed by atoms with Crippen molar-refractivity contribution in [3.63, 3.8) is 0 Å². The van der Waals surface area contributed by atoms with Gasteiger partial charge in [-0.1, -0.05) is 25.9 Å². The molecule has 0 fully saturated rings. The number of benzene rings is 1. The van der Waals surface area contributed by atoms with Crippen molar-refractivity contribution in [2.75, 3.05) is 10.6 Å². The number of ether oxygens (including phenoxy) is 1. The van der Waals surface area contributed by atoms with Gasteiger partial charge in [0.25, 0.3) is 0 Å². The molecule has 7 nitrogen and oxygen atoms in total. The molecule has 3 rings (SSSR count). The lowest BCUT2D eigenvalue weighted by molar-refractivity contribution is 0.262. The topological polar surface area (TPSA) is 89.3 Å². The van der Waals surface area contributed by atoms with Gasteiger partial charge < -0.3 is 14.6 Å². The molecule has 2 N–H and O–H groups in total. The first-order chi connectivity index (χ1) is 12.4. The second kappa shape index (κ2) is 7.26. The molecule has 0 saturated heterocycles. The standard InChI is InChI=1S/C19H20N4O3/c1-19(2,3)16-11-17(23-26-16)22-18(24)21-13-6-8-14(9-7-13)25-15-5-4-10-20-12-15/h4-12H,1-3H3,(H2,21,22,23,24). The highest BCUT2D eigenvalue weighted by Crippen LogP contribution is 2.25. The smallest absolute Gasteiger partial charge is 0.324 e. The number of rotatable bonds is 4. The molecule has 2 heterocycles. The number of nitrogens with zero attached hydrogens (tertiary/aromatic N) is 2. The van der Waals surface area contributed by atoms with Gasteiger partial charge >= 0.3 is 6.03 Å². The lowest BCUT2D eigenvalue weighted by Crippen LogP contribution is -2.19. The van der Waals surface area contributed by atoms with Crippen molar-refractivity contribution < 1.29 is 14.1 Å². The molecule has 3 aromatic rings. The predicted octanol–water partition coefficient (Wildman–Crippen LogP) is 4.80. The second-order valence-electron chi connectivity index (χ2n) is 6.72. The highest BCUT2D eigenvalue weighted by molar-refractivity contribution is 5.99. The van der Waals surface area contributed by atoms with Crippen LogP contribution in [0.3, 0.4) is 0 Å². The zero-order valence-corrected chi connectivity index (χ0v) is 14.8. The Labute approximate surface area is 151 Å². The van der Waals surface area contributed by atoms with Crippen molar-refractivity contribution in [1.82, 2.24) is 10.1 Å². The van der Waals surface area contributed by atoms with E-state index in [4.69, 9.17) is 9.26 Å². The lowest BCUT2D eigenvalue weighted by Gasteiger charge is -2.12. The van der Waals surface area contributed by atoms with E-state index in [1.165, 1.54) is 0 Å². The maximum Gasteiger partial charge on any atom is 0.324 e. The summed E-state index contributed by atoms with van der Waals surface area (Å²) in [5, 5.41) is 9.23. The number of amides is 2. The van der Waals surface area contributed by atoms with Gasteiger partial charge in [0.15, 0.2) is 5.82 Å². The summed E-state index contributed by atoms with van der Waals surface area (Å²) >= 11 is 0. The van der Waals surface area contributed by atoms with Gasteiger partial charge in [0.1, 0.15) is 17.3 Å². The molecule has 0 aliphatic heterocycles. The van der Waals surface area contributed by atoms with Gasteiger partial charge in [-0.3, -0.25) is 10.3 Å². The van der Waals surface area contributed by atoms with Crippen molar-refractivity contribution in [3.05, 3.63) is 60.6 Å². The largest absolute Gasteiger partial charge is 0.456 e. The number of pyridine rings is 1. The maximum absolute atomic E-state index is 12.1. The van der Waals surface area contributed by atoms with Crippen LogP contribution in [0.4, 0.5) is 16.3 Å². The minimum absolute atomic E-state index is 0.173. The van der Waals surface area contributed by atoms with E-state index in [1.807, 2.05) is 26.8 Å². The van der Waals surface area contributed by atoms with Crippen LogP contribution < -0.4 is 15.4 Å². The SMILES string of the molecule is CC(C)(C)c1cc(NC(=O)Nc2ccc(Oc3cccnc3)cc2)no1. The summed E-state index contributed by atoms with van der Waals surface area (Å²) < 4.78 is 10.9. The number of carbonyl (C=O) groups is 1. The number of nitrogens with one attached hydrogen (secondary N) is 2. The number of anilines is 2. The van der Waals surface area contributed by atoms with Gasteiger partial charge in [-0.2, -0.15) is 0 Å². The first-order valence-corrected chi connectivity index (χ1v) is 8.13. The minimum atomic E-state index is -0.403. The number of hydrogen-bond acceptors (Lipinski definition) is 5. The summed E-state index contributed by atoms with van der Waals surface area (Å²) in [6, 6.07) is 11.9. The predicted molar refractivity (Wildman–Crippen MR) is 98.6 cm³/mol. The first-order valence-electron chi connectivity index (χ1n) is 8.13. The van der Waals surface area contributed by atoms with Crippen LogP contribution in [-0.4, -0.2) is 16.2 Å². The Hall–Kier alpha value is -3.35. The van der Waals surface area contributed by atoms with E-state index in [0.29, 0.717) is 28.8 Å². The monoisotopic (exact) mass is 352 g/mol. The molecule has 0 radical (unpaired) electrons. The summed E-state index contributed by atoms with van der Waals surface area (Å²) in [5.41, 5.74) is 0.452. The fraction of sp³-hybridized carbons (Fsp3) is 0.211. The Bertz CT molecular complexity index is 868. The van der Waals surface area contributed by atoms with Crippen molar-refractivity contribution in [1.29, 1.82) is 0 Å². The summed E-state index contributed by atoms with van der Waals surface area (Å²) in [5.74, 6) is 2.36. The molecule has 0 saturated carbocycles. The Morgan fingerprint density at radius 1 is 1.08 bits per heavy atom. The van der Waals surface area contributed by atoms with Gasteiger partial charge in [0.05, 0.1) is 6.20 Å². The van der Waals surface area contributed by atoms with Crippen LogP contribution in [0.5, 0.6) is 11.5 Å². The van der Waals surface area contributed by atoms with Crippen LogP contribution >= 0.6 is 0 Å². The third-order valence-corrected chi connectivity index (χ3v) is 3.47. The van der Waals surface area contributed by atoms with E-state index in [2.05, 4.69) is 20.8 Å². The molecule has 2 aromatic heterocycles. The van der Waals surface area contributed by atoms with Crippen LogP contribution in [0, 0.1) is 0 Å². The average Bonchev–Trinajstić information content (AvgIpc) is 3.06. The van der Waals surface area contributed by atoms with E-state index in [-0.39, 0.29) is 5.41 Å². The highest BCUT2D eigenvalue weighted by Gasteiger charge is 2.20. The zero-order chi connectivity index (χ0) is 18.6. The summed E-state index contributed by atoms with van der Waals surface area (Å²) in [7, 11) is 0. The van der Waals surface area contributed by atoms with Crippen LogP contribution in [0.2, 0.25) is 0 Å². The van der Waals surface area contributed by atoms with Crippen LogP contribution in [0.1, 0.15) is 26.5 Å². The first kappa shape index (κ1) is 17.5. The summed E-state index contributed by atoms with van der Waals surface area (Å²) in [6.07, 6.45) is 3.31. The van der Waals surface area contributed by atoms with Gasteiger partial charge in [-0.25, -0.2) is 4.79 Å². The normalized spacial score (nSPS) is 11.0. The Balaban J connectivity index is 1.57. The minimum Gasteiger partial charge on any atom is -0.456 e. The Morgan fingerprint density at radius 3 is 2.46 bits per heavy atom. The molecule has 0 atom stereocenters. The molecule has 0 aliphatic carbocycles. The zero-order valence-electron chi connectivity index (χ0n) is 14.8. The Kier molecular flexibility index (Phi) is 4.88. The van der Waals surface area contributed by atoms with Gasteiger partial charge in [-0.05, 0) is 36.4 Å². The average molecular weight is 352 g/mol. The molecule has 2 amide bonds. The van der Waals surface area contributed by atoms with E-state index in [1.54, 1.807) is 48.8 Å². The van der Waals surface area contributed by atoms with Crippen molar-refractivity contribution in [2.24, 2.45) is 0 Å².